The van der Waals surface area contributed by atoms with E-state index in [1.165, 1.54) is 30.4 Å². The zero-order valence-electron chi connectivity index (χ0n) is 6.80. The lowest BCUT2D eigenvalue weighted by Crippen LogP contribution is -2.15. The Bertz CT molecular complexity index is 261. The molecule has 11 heavy (non-hydrogen) atoms. The molecule has 1 heterocycles. The quantitative estimate of drug-likeness (QED) is 0.512. The highest BCUT2D eigenvalue weighted by atomic mass is 15.4. The lowest BCUT2D eigenvalue weighted by Gasteiger charge is -2.21. The van der Waals surface area contributed by atoms with Gasteiger partial charge in [0, 0.05) is 7.05 Å². The largest absolute Gasteiger partial charge is 0.269 e. The van der Waals surface area contributed by atoms with Crippen LogP contribution in [0.3, 0.4) is 0 Å². The van der Waals surface area contributed by atoms with E-state index >= 15 is 0 Å². The second-order valence-electron chi connectivity index (χ2n) is 3.07. The third kappa shape index (κ3) is 0.897. The Morgan fingerprint density at radius 2 is 2.36 bits per heavy atom. The molecule has 1 aliphatic heterocycles. The van der Waals surface area contributed by atoms with Gasteiger partial charge in [0.1, 0.15) is 0 Å². The summed E-state index contributed by atoms with van der Waals surface area (Å²) in [5.41, 5.74) is 3.90. The van der Waals surface area contributed by atoms with Crippen LogP contribution in [0, 0.1) is 0 Å². The predicted molar refractivity (Wildman–Crippen MR) is 46.3 cm³/mol. The number of rotatable bonds is 0. The monoisotopic (exact) mass is 148 g/mol. The van der Waals surface area contributed by atoms with Crippen LogP contribution in [0.4, 0.5) is 0 Å². The van der Waals surface area contributed by atoms with Crippen LogP contribution in [0.2, 0.25) is 0 Å². The number of allylic oxidation sites excluding steroid dienone is 2. The zero-order chi connectivity index (χ0) is 7.84. The maximum atomic E-state index is 4.20. The highest BCUT2D eigenvalue weighted by Crippen LogP contribution is 2.33. The normalized spacial score (nSPS) is 23.0. The predicted octanol–water partition coefficient (Wildman–Crippen LogP) is 1.91. The fourth-order valence-corrected chi connectivity index (χ4v) is 1.66. The molecule has 2 nitrogen and oxygen atoms in total. The van der Waals surface area contributed by atoms with Gasteiger partial charge in [-0.05, 0) is 30.4 Å². The summed E-state index contributed by atoms with van der Waals surface area (Å²) in [6.07, 6.45) is 5.61. The third-order valence-electron chi connectivity index (χ3n) is 2.39. The van der Waals surface area contributed by atoms with Gasteiger partial charge in [0.2, 0.25) is 0 Å². The topological polar surface area (TPSA) is 15.6 Å². The molecule has 0 N–H and O–H groups in total. The van der Waals surface area contributed by atoms with E-state index in [9.17, 15) is 0 Å². The minimum atomic E-state index is 1.08. The fraction of sp³-hybridized carbons (Fsp3) is 0.444. The van der Waals surface area contributed by atoms with Gasteiger partial charge < -0.3 is 0 Å². The Balaban J connectivity index is 2.38. The molecular formula is C9H12N2. The van der Waals surface area contributed by atoms with E-state index in [-0.39, 0.29) is 0 Å². The molecule has 0 aromatic carbocycles. The number of hydrogen-bond donors (Lipinski definition) is 0. The molecular weight excluding hydrogens is 136 g/mol. The van der Waals surface area contributed by atoms with E-state index in [0.717, 1.165) is 5.70 Å². The molecule has 0 aromatic rings. The van der Waals surface area contributed by atoms with Crippen LogP contribution >= 0.6 is 0 Å². The summed E-state index contributed by atoms with van der Waals surface area (Å²) in [6, 6.07) is 0. The van der Waals surface area contributed by atoms with Gasteiger partial charge in [0.05, 0.1) is 11.9 Å². The summed E-state index contributed by atoms with van der Waals surface area (Å²) in [4.78, 5) is 0. The molecule has 0 atom stereocenters. The molecule has 0 amide bonds. The van der Waals surface area contributed by atoms with Crippen LogP contribution < -0.4 is 0 Å². The number of nitrogens with zero attached hydrogens (tertiary/aromatic N) is 2. The zero-order valence-corrected chi connectivity index (χ0v) is 6.80. The second kappa shape index (κ2) is 2.22. The molecule has 0 radical (unpaired) electrons. The van der Waals surface area contributed by atoms with E-state index in [0.29, 0.717) is 0 Å². The Morgan fingerprint density at radius 1 is 1.55 bits per heavy atom. The van der Waals surface area contributed by atoms with Crippen LogP contribution in [0.15, 0.2) is 28.5 Å². The van der Waals surface area contributed by atoms with Gasteiger partial charge in [-0.25, -0.2) is 0 Å². The molecule has 2 rings (SSSR count). The molecule has 0 saturated carbocycles. The minimum absolute atomic E-state index is 1.08. The molecule has 58 valence electrons. The molecule has 0 bridgehead atoms. The molecule has 0 spiro atoms. The van der Waals surface area contributed by atoms with Crippen molar-refractivity contribution in [2.45, 2.75) is 19.3 Å². The van der Waals surface area contributed by atoms with Crippen molar-refractivity contribution in [3.8, 4) is 0 Å². The van der Waals surface area contributed by atoms with Crippen molar-refractivity contribution < 1.29 is 0 Å². The van der Waals surface area contributed by atoms with Gasteiger partial charge in [-0.15, -0.1) is 0 Å². The first kappa shape index (κ1) is 6.65. The lowest BCUT2D eigenvalue weighted by molar-refractivity contribution is 0.452. The van der Waals surface area contributed by atoms with Gasteiger partial charge >= 0.3 is 0 Å². The Hall–Kier alpha value is -1.05. The van der Waals surface area contributed by atoms with E-state index in [2.05, 4.69) is 11.7 Å². The Morgan fingerprint density at radius 3 is 3.18 bits per heavy atom. The molecule has 0 fully saturated rings. The van der Waals surface area contributed by atoms with Crippen molar-refractivity contribution in [2.75, 3.05) is 7.05 Å². The molecule has 1 aliphatic carbocycles. The highest BCUT2D eigenvalue weighted by Gasteiger charge is 2.20. The fourth-order valence-electron chi connectivity index (χ4n) is 1.66. The van der Waals surface area contributed by atoms with Crippen molar-refractivity contribution in [3.05, 3.63) is 23.4 Å². The number of likely N-dealkylation sites (N-methyl/N-ethyl adjacent to an activating group) is 1. The van der Waals surface area contributed by atoms with Crippen LogP contribution in [0.1, 0.15) is 19.3 Å². The van der Waals surface area contributed by atoms with Gasteiger partial charge in [0.25, 0.3) is 0 Å². The minimum Gasteiger partial charge on any atom is -0.269 e. The average molecular weight is 148 g/mol. The summed E-state index contributed by atoms with van der Waals surface area (Å²) in [5.74, 6) is 0. The van der Waals surface area contributed by atoms with Crippen molar-refractivity contribution >= 4 is 6.21 Å². The van der Waals surface area contributed by atoms with Crippen LogP contribution in [0.5, 0.6) is 0 Å². The highest BCUT2D eigenvalue weighted by molar-refractivity contribution is 5.83. The number of hydrogen-bond acceptors (Lipinski definition) is 2. The Labute approximate surface area is 66.9 Å². The SMILES string of the molecule is C=C1C2=C(C=NN1C)CCC2. The Kier molecular flexibility index (Phi) is 1.34. The molecule has 0 saturated heterocycles. The third-order valence-corrected chi connectivity index (χ3v) is 2.39. The van der Waals surface area contributed by atoms with Crippen molar-refractivity contribution in [1.82, 2.24) is 5.01 Å². The van der Waals surface area contributed by atoms with Crippen LogP contribution in [0.25, 0.3) is 0 Å². The van der Waals surface area contributed by atoms with Crippen molar-refractivity contribution in [2.24, 2.45) is 5.10 Å². The number of hydrazone groups is 1. The van der Waals surface area contributed by atoms with Crippen molar-refractivity contribution in [1.29, 1.82) is 0 Å². The van der Waals surface area contributed by atoms with Crippen LogP contribution in [-0.4, -0.2) is 18.3 Å². The summed E-state index contributed by atoms with van der Waals surface area (Å²) < 4.78 is 0. The molecule has 2 heteroatoms. The van der Waals surface area contributed by atoms with Gasteiger partial charge in [0.15, 0.2) is 0 Å². The summed E-state index contributed by atoms with van der Waals surface area (Å²) >= 11 is 0. The van der Waals surface area contributed by atoms with E-state index in [1.807, 2.05) is 18.3 Å². The van der Waals surface area contributed by atoms with E-state index in [4.69, 9.17) is 0 Å². The average Bonchev–Trinajstić information content (AvgIpc) is 2.45. The smallest absolute Gasteiger partial charge is 0.0554 e. The first-order valence-corrected chi connectivity index (χ1v) is 3.98. The summed E-state index contributed by atoms with van der Waals surface area (Å²) in [6.45, 7) is 3.99. The lowest BCUT2D eigenvalue weighted by atomic mass is 10.1. The van der Waals surface area contributed by atoms with Gasteiger partial charge in [-0.1, -0.05) is 6.58 Å². The van der Waals surface area contributed by atoms with E-state index < -0.39 is 0 Å². The first-order valence-electron chi connectivity index (χ1n) is 3.98. The maximum Gasteiger partial charge on any atom is 0.0554 e. The van der Waals surface area contributed by atoms with E-state index in [1.54, 1.807) is 0 Å². The maximum absolute atomic E-state index is 4.20. The summed E-state index contributed by atoms with van der Waals surface area (Å²) in [7, 11) is 1.95. The molecule has 0 aromatic heterocycles. The van der Waals surface area contributed by atoms with Gasteiger partial charge in [-0.3, -0.25) is 5.01 Å². The first-order chi connectivity index (χ1) is 5.29. The second-order valence-corrected chi connectivity index (χ2v) is 3.07. The molecule has 0 unspecified atom stereocenters. The molecule has 2 aliphatic rings. The standard InChI is InChI=1S/C9H12N2/c1-7-9-5-3-4-8(9)6-10-11(7)2/h6H,1,3-5H2,2H3. The van der Waals surface area contributed by atoms with Gasteiger partial charge in [-0.2, -0.15) is 5.10 Å². The van der Waals surface area contributed by atoms with Crippen molar-refractivity contribution in [3.63, 3.8) is 0 Å². The summed E-state index contributed by atoms with van der Waals surface area (Å²) in [5, 5.41) is 6.06. The van der Waals surface area contributed by atoms with Crippen LogP contribution in [-0.2, 0) is 0 Å².